The zero-order chi connectivity index (χ0) is 14.5. The van der Waals surface area contributed by atoms with Crippen molar-refractivity contribution in [2.45, 2.75) is 13.5 Å². The third-order valence-electron chi connectivity index (χ3n) is 2.78. The number of ether oxygens (including phenoxy) is 1. The standard InChI is InChI=1S/C14H16ClN3O2/c1-10-3-4-12(13(15)7-10)14(19)17-11-8-16-18(9-11)5-6-20-2/h3-4,7-9H,5-6H2,1-2H3,(H,17,19). The molecule has 0 atom stereocenters. The Kier molecular flexibility index (Phi) is 4.76. The highest BCUT2D eigenvalue weighted by Gasteiger charge is 2.11. The number of amides is 1. The zero-order valence-corrected chi connectivity index (χ0v) is 12.1. The van der Waals surface area contributed by atoms with E-state index in [4.69, 9.17) is 16.3 Å². The van der Waals surface area contributed by atoms with Gasteiger partial charge in [0.2, 0.25) is 0 Å². The van der Waals surface area contributed by atoms with E-state index in [1.54, 1.807) is 36.3 Å². The Morgan fingerprint density at radius 3 is 3.00 bits per heavy atom. The minimum Gasteiger partial charge on any atom is -0.383 e. The van der Waals surface area contributed by atoms with E-state index in [9.17, 15) is 4.79 Å². The van der Waals surface area contributed by atoms with E-state index in [1.807, 2.05) is 13.0 Å². The van der Waals surface area contributed by atoms with Gasteiger partial charge in [0, 0.05) is 13.3 Å². The molecule has 0 saturated carbocycles. The fraction of sp³-hybridized carbons (Fsp3) is 0.286. The van der Waals surface area contributed by atoms with Gasteiger partial charge in [-0.05, 0) is 24.6 Å². The second-order valence-corrected chi connectivity index (χ2v) is 4.83. The van der Waals surface area contributed by atoms with Gasteiger partial charge >= 0.3 is 0 Å². The van der Waals surface area contributed by atoms with E-state index < -0.39 is 0 Å². The molecule has 1 N–H and O–H groups in total. The number of aryl methyl sites for hydroxylation is 1. The maximum Gasteiger partial charge on any atom is 0.257 e. The van der Waals surface area contributed by atoms with Crippen LogP contribution in [0.15, 0.2) is 30.6 Å². The molecule has 1 aromatic carbocycles. The molecule has 0 spiro atoms. The van der Waals surface area contributed by atoms with Crippen molar-refractivity contribution in [1.29, 1.82) is 0 Å². The first-order valence-electron chi connectivity index (χ1n) is 6.19. The number of benzene rings is 1. The molecule has 0 saturated heterocycles. The van der Waals surface area contributed by atoms with E-state index in [1.165, 1.54) is 0 Å². The van der Waals surface area contributed by atoms with Crippen molar-refractivity contribution in [2.75, 3.05) is 19.0 Å². The normalized spacial score (nSPS) is 10.6. The quantitative estimate of drug-likeness (QED) is 0.922. The van der Waals surface area contributed by atoms with Crippen LogP contribution in [-0.4, -0.2) is 29.4 Å². The summed E-state index contributed by atoms with van der Waals surface area (Å²) in [6, 6.07) is 5.32. The Hall–Kier alpha value is -1.85. The molecule has 1 heterocycles. The molecule has 2 rings (SSSR count). The first-order valence-corrected chi connectivity index (χ1v) is 6.57. The highest BCUT2D eigenvalue weighted by molar-refractivity contribution is 6.34. The van der Waals surface area contributed by atoms with Crippen molar-refractivity contribution < 1.29 is 9.53 Å². The van der Waals surface area contributed by atoms with Crippen LogP contribution >= 0.6 is 11.6 Å². The van der Waals surface area contributed by atoms with Crippen molar-refractivity contribution in [3.8, 4) is 0 Å². The van der Waals surface area contributed by atoms with Gasteiger partial charge in [-0.15, -0.1) is 0 Å². The summed E-state index contributed by atoms with van der Waals surface area (Å²) in [4.78, 5) is 12.1. The molecule has 2 aromatic rings. The van der Waals surface area contributed by atoms with Gasteiger partial charge in [0.25, 0.3) is 5.91 Å². The predicted molar refractivity (Wildman–Crippen MR) is 78.2 cm³/mol. The SMILES string of the molecule is COCCn1cc(NC(=O)c2ccc(C)cc2Cl)cn1. The van der Waals surface area contributed by atoms with E-state index in [-0.39, 0.29) is 5.91 Å². The second-order valence-electron chi connectivity index (χ2n) is 4.42. The van der Waals surface area contributed by atoms with Crippen LogP contribution in [0.3, 0.4) is 0 Å². The van der Waals surface area contributed by atoms with Gasteiger partial charge in [0.15, 0.2) is 0 Å². The number of carbonyl (C=O) groups excluding carboxylic acids is 1. The fourth-order valence-corrected chi connectivity index (χ4v) is 2.06. The molecule has 0 aliphatic carbocycles. The topological polar surface area (TPSA) is 56.1 Å². The number of carbonyl (C=O) groups is 1. The van der Waals surface area contributed by atoms with Gasteiger partial charge in [-0.1, -0.05) is 17.7 Å². The molecule has 20 heavy (non-hydrogen) atoms. The number of nitrogens with zero attached hydrogens (tertiary/aromatic N) is 2. The van der Waals surface area contributed by atoms with Gasteiger partial charge in [-0.2, -0.15) is 5.10 Å². The Bertz CT molecular complexity index is 610. The molecule has 0 aliphatic rings. The molecule has 0 aliphatic heterocycles. The largest absolute Gasteiger partial charge is 0.383 e. The van der Waals surface area contributed by atoms with E-state index in [0.717, 1.165) is 5.56 Å². The number of anilines is 1. The Labute approximate surface area is 122 Å². The Balaban J connectivity index is 2.05. The molecule has 0 fully saturated rings. The van der Waals surface area contributed by atoms with Gasteiger partial charge < -0.3 is 10.1 Å². The summed E-state index contributed by atoms with van der Waals surface area (Å²) in [7, 11) is 1.63. The number of methoxy groups -OCH3 is 1. The molecule has 0 unspecified atom stereocenters. The first kappa shape index (κ1) is 14.6. The Morgan fingerprint density at radius 2 is 2.30 bits per heavy atom. The summed E-state index contributed by atoms with van der Waals surface area (Å²) in [5, 5.41) is 7.33. The zero-order valence-electron chi connectivity index (χ0n) is 11.4. The average molecular weight is 294 g/mol. The monoisotopic (exact) mass is 293 g/mol. The number of hydrogen-bond acceptors (Lipinski definition) is 3. The van der Waals surface area contributed by atoms with Crippen molar-refractivity contribution in [2.24, 2.45) is 0 Å². The van der Waals surface area contributed by atoms with Gasteiger partial charge in [0.1, 0.15) is 0 Å². The summed E-state index contributed by atoms with van der Waals surface area (Å²) in [6.45, 7) is 3.13. The number of aromatic nitrogens is 2. The van der Waals surface area contributed by atoms with Crippen molar-refractivity contribution in [3.63, 3.8) is 0 Å². The summed E-state index contributed by atoms with van der Waals surface area (Å²) >= 11 is 6.07. The lowest BCUT2D eigenvalue weighted by atomic mass is 10.1. The Morgan fingerprint density at radius 1 is 1.50 bits per heavy atom. The smallest absolute Gasteiger partial charge is 0.257 e. The van der Waals surface area contributed by atoms with E-state index >= 15 is 0 Å². The fourth-order valence-electron chi connectivity index (χ4n) is 1.74. The minimum atomic E-state index is -0.249. The summed E-state index contributed by atoms with van der Waals surface area (Å²) < 4.78 is 6.67. The molecule has 1 aromatic heterocycles. The van der Waals surface area contributed by atoms with Crippen molar-refractivity contribution in [3.05, 3.63) is 46.7 Å². The molecule has 0 bridgehead atoms. The molecule has 1 amide bonds. The molecule has 106 valence electrons. The lowest BCUT2D eigenvalue weighted by molar-refractivity contribution is 0.102. The predicted octanol–water partition coefficient (Wildman–Crippen LogP) is 2.74. The van der Waals surface area contributed by atoms with Gasteiger partial charge in [-0.3, -0.25) is 9.48 Å². The van der Waals surface area contributed by atoms with Crippen LogP contribution in [-0.2, 0) is 11.3 Å². The summed E-state index contributed by atoms with van der Waals surface area (Å²) in [5.74, 6) is -0.249. The molecule has 0 radical (unpaired) electrons. The number of rotatable bonds is 5. The first-order chi connectivity index (χ1) is 9.60. The third-order valence-corrected chi connectivity index (χ3v) is 3.10. The van der Waals surface area contributed by atoms with Crippen molar-refractivity contribution >= 4 is 23.2 Å². The average Bonchev–Trinajstić information content (AvgIpc) is 2.83. The molecule has 6 heteroatoms. The lowest BCUT2D eigenvalue weighted by Gasteiger charge is -2.05. The third kappa shape index (κ3) is 3.59. The second kappa shape index (κ2) is 6.54. The summed E-state index contributed by atoms with van der Waals surface area (Å²) in [6.07, 6.45) is 3.34. The number of halogens is 1. The maximum atomic E-state index is 12.1. The van der Waals surface area contributed by atoms with Crippen LogP contribution in [0.2, 0.25) is 5.02 Å². The maximum absolute atomic E-state index is 12.1. The van der Waals surface area contributed by atoms with Gasteiger partial charge in [0.05, 0.1) is 35.6 Å². The van der Waals surface area contributed by atoms with Gasteiger partial charge in [-0.25, -0.2) is 0 Å². The van der Waals surface area contributed by atoms with Crippen molar-refractivity contribution in [1.82, 2.24) is 9.78 Å². The highest BCUT2D eigenvalue weighted by Crippen LogP contribution is 2.19. The van der Waals surface area contributed by atoms with Crippen LogP contribution in [0.5, 0.6) is 0 Å². The van der Waals surface area contributed by atoms with Crippen LogP contribution < -0.4 is 5.32 Å². The molecular formula is C14H16ClN3O2. The number of hydrogen-bond donors (Lipinski definition) is 1. The van der Waals surface area contributed by atoms with E-state index in [2.05, 4.69) is 10.4 Å². The van der Waals surface area contributed by atoms with E-state index in [0.29, 0.717) is 29.4 Å². The van der Waals surface area contributed by atoms with Crippen LogP contribution in [0.4, 0.5) is 5.69 Å². The summed E-state index contributed by atoms with van der Waals surface area (Å²) in [5.41, 5.74) is 2.09. The minimum absolute atomic E-state index is 0.249. The lowest BCUT2D eigenvalue weighted by Crippen LogP contribution is -2.12. The van der Waals surface area contributed by atoms with Crippen LogP contribution in [0.25, 0.3) is 0 Å². The van der Waals surface area contributed by atoms with Crippen LogP contribution in [0.1, 0.15) is 15.9 Å². The molecule has 5 nitrogen and oxygen atoms in total. The number of nitrogens with one attached hydrogen (secondary N) is 1. The highest BCUT2D eigenvalue weighted by atomic mass is 35.5. The van der Waals surface area contributed by atoms with Crippen LogP contribution in [0, 0.1) is 6.92 Å². The molecular weight excluding hydrogens is 278 g/mol.